The van der Waals surface area contributed by atoms with Gasteiger partial charge in [-0.15, -0.1) is 0 Å². The molecule has 1 unspecified atom stereocenters. The number of unbranched alkanes of at least 4 members (excludes halogenated alkanes) is 9. The average molecular weight is 721 g/mol. The van der Waals surface area contributed by atoms with Crippen LogP contribution >= 0.6 is 7.82 Å². The number of allylic oxidation sites excluding steroid dienone is 2. The van der Waals surface area contributed by atoms with Gasteiger partial charge in [0.15, 0.2) is 12.4 Å². The molecule has 13 heteroatoms. The van der Waals surface area contributed by atoms with Crippen LogP contribution in [0.3, 0.4) is 0 Å². The predicted octanol–water partition coefficient (Wildman–Crippen LogP) is 6.42. The van der Waals surface area contributed by atoms with E-state index in [1.54, 1.807) is 12.2 Å². The van der Waals surface area contributed by atoms with Crippen molar-refractivity contribution in [3.8, 4) is 0 Å². The number of aliphatic hydroxyl groups excluding tert-OH is 3. The molecule has 1 aliphatic rings. The molecule has 1 aliphatic heterocycles. The van der Waals surface area contributed by atoms with Crippen molar-refractivity contribution in [3.63, 3.8) is 0 Å². The molecule has 286 valence electrons. The molecule has 0 aliphatic carbocycles. The maximum absolute atomic E-state index is 12.5. The molecule has 1 saturated heterocycles. The number of hydrogen-bond donors (Lipinski definition) is 5. The SMILES string of the molecule is CCCCC[C@H](O)/C=C/[C@H]1OC(O)C[C@H](O)[C@@H]1C/C=C\CCCC(=O)O[C@H](COC(=O)CCCCCCCCCC(C)C)COP(=O)(O)O. The minimum Gasteiger partial charge on any atom is -0.462 e. The molecule has 1 rings (SSSR count). The second-order valence-corrected chi connectivity index (χ2v) is 14.8. The van der Waals surface area contributed by atoms with Gasteiger partial charge in [-0.1, -0.05) is 109 Å². The number of esters is 2. The molecule has 0 spiro atoms. The van der Waals surface area contributed by atoms with Crippen molar-refractivity contribution in [1.29, 1.82) is 0 Å². The molecular weight excluding hydrogens is 655 g/mol. The first-order valence-corrected chi connectivity index (χ1v) is 19.9. The fourth-order valence-electron chi connectivity index (χ4n) is 5.60. The largest absolute Gasteiger partial charge is 0.469 e. The van der Waals surface area contributed by atoms with Gasteiger partial charge in [-0.05, 0) is 38.0 Å². The van der Waals surface area contributed by atoms with E-state index in [4.69, 9.17) is 24.0 Å². The summed E-state index contributed by atoms with van der Waals surface area (Å²) in [6.07, 6.45) is 16.9. The van der Waals surface area contributed by atoms with Crippen molar-refractivity contribution in [1.82, 2.24) is 0 Å². The van der Waals surface area contributed by atoms with Crippen LogP contribution in [0.1, 0.15) is 136 Å². The van der Waals surface area contributed by atoms with Crippen LogP contribution in [0.4, 0.5) is 0 Å². The van der Waals surface area contributed by atoms with Crippen molar-refractivity contribution >= 4 is 19.8 Å². The van der Waals surface area contributed by atoms with Crippen LogP contribution in [0.15, 0.2) is 24.3 Å². The van der Waals surface area contributed by atoms with E-state index in [9.17, 15) is 29.5 Å². The van der Waals surface area contributed by atoms with Crippen LogP contribution in [0.25, 0.3) is 0 Å². The number of phosphoric ester groups is 1. The first kappa shape index (κ1) is 45.4. The van der Waals surface area contributed by atoms with E-state index in [2.05, 4.69) is 25.3 Å². The van der Waals surface area contributed by atoms with Gasteiger partial charge in [0.2, 0.25) is 0 Å². The van der Waals surface area contributed by atoms with Gasteiger partial charge in [-0.3, -0.25) is 14.1 Å². The number of aliphatic hydroxyl groups is 3. The van der Waals surface area contributed by atoms with E-state index in [0.29, 0.717) is 32.1 Å². The number of phosphoric acid groups is 1. The Morgan fingerprint density at radius 3 is 2.20 bits per heavy atom. The van der Waals surface area contributed by atoms with Gasteiger partial charge < -0.3 is 39.3 Å². The summed E-state index contributed by atoms with van der Waals surface area (Å²) >= 11 is 0. The highest BCUT2D eigenvalue weighted by Crippen LogP contribution is 2.36. The highest BCUT2D eigenvalue weighted by Gasteiger charge is 2.35. The van der Waals surface area contributed by atoms with Crippen molar-refractivity contribution < 1.29 is 58.0 Å². The molecule has 12 nitrogen and oxygen atoms in total. The Hall–Kier alpha value is -1.63. The zero-order chi connectivity index (χ0) is 36.5. The van der Waals surface area contributed by atoms with Crippen LogP contribution in [-0.2, 0) is 32.9 Å². The van der Waals surface area contributed by atoms with Gasteiger partial charge in [-0.2, -0.15) is 0 Å². The first-order valence-electron chi connectivity index (χ1n) is 18.4. The lowest BCUT2D eigenvalue weighted by Gasteiger charge is -2.36. The van der Waals surface area contributed by atoms with Crippen LogP contribution in [0.2, 0.25) is 0 Å². The fourth-order valence-corrected chi connectivity index (χ4v) is 5.96. The van der Waals surface area contributed by atoms with E-state index in [1.807, 2.05) is 12.2 Å². The molecule has 0 aromatic heterocycles. The summed E-state index contributed by atoms with van der Waals surface area (Å²) in [5.74, 6) is -0.670. The molecule has 0 amide bonds. The Kier molecular flexibility index (Phi) is 25.1. The lowest BCUT2D eigenvalue weighted by Crippen LogP contribution is -2.43. The van der Waals surface area contributed by atoms with E-state index in [1.165, 1.54) is 25.7 Å². The number of hydrogen-bond acceptors (Lipinski definition) is 10. The molecule has 49 heavy (non-hydrogen) atoms. The summed E-state index contributed by atoms with van der Waals surface area (Å²) in [6, 6.07) is 0. The van der Waals surface area contributed by atoms with Crippen molar-refractivity contribution in [2.24, 2.45) is 11.8 Å². The van der Waals surface area contributed by atoms with Gasteiger partial charge in [0.25, 0.3) is 0 Å². The molecular formula is C36H65O12P. The van der Waals surface area contributed by atoms with Crippen LogP contribution in [-0.4, -0.2) is 81.0 Å². The summed E-state index contributed by atoms with van der Waals surface area (Å²) in [7, 11) is -4.82. The third-order valence-corrected chi connectivity index (χ3v) is 8.93. The molecule has 0 aromatic carbocycles. The topological polar surface area (TPSA) is 189 Å². The molecule has 5 N–H and O–H groups in total. The second-order valence-electron chi connectivity index (χ2n) is 13.6. The molecule has 0 radical (unpaired) electrons. The maximum Gasteiger partial charge on any atom is 0.469 e. The molecule has 0 aromatic rings. The van der Waals surface area contributed by atoms with Gasteiger partial charge in [0.05, 0.1) is 24.9 Å². The summed E-state index contributed by atoms with van der Waals surface area (Å²) in [4.78, 5) is 42.8. The molecule has 1 heterocycles. The fraction of sp³-hybridized carbons (Fsp3) is 0.833. The second kappa shape index (κ2) is 27.1. The third kappa shape index (κ3) is 25.0. The van der Waals surface area contributed by atoms with Gasteiger partial charge >= 0.3 is 19.8 Å². The molecule has 0 bridgehead atoms. The highest BCUT2D eigenvalue weighted by atomic mass is 31.2. The number of ether oxygens (including phenoxy) is 3. The van der Waals surface area contributed by atoms with Crippen molar-refractivity contribution in [2.45, 2.75) is 167 Å². The maximum atomic E-state index is 12.5. The lowest BCUT2D eigenvalue weighted by atomic mass is 9.87. The Morgan fingerprint density at radius 2 is 1.53 bits per heavy atom. The summed E-state index contributed by atoms with van der Waals surface area (Å²) in [5, 5.41) is 30.8. The smallest absolute Gasteiger partial charge is 0.462 e. The average Bonchev–Trinajstić information content (AvgIpc) is 3.02. The Balaban J connectivity index is 2.43. The van der Waals surface area contributed by atoms with Gasteiger partial charge in [0, 0.05) is 25.2 Å². The van der Waals surface area contributed by atoms with Gasteiger partial charge in [-0.25, -0.2) is 4.57 Å². The van der Waals surface area contributed by atoms with E-state index in [0.717, 1.165) is 44.4 Å². The van der Waals surface area contributed by atoms with E-state index < -0.39 is 57.1 Å². The highest BCUT2D eigenvalue weighted by molar-refractivity contribution is 7.46. The number of carbonyl (C=O) groups is 2. The number of carbonyl (C=O) groups excluding carboxylic acids is 2. The quantitative estimate of drug-likeness (QED) is 0.0259. The molecule has 0 saturated carbocycles. The monoisotopic (exact) mass is 720 g/mol. The predicted molar refractivity (Wildman–Crippen MR) is 187 cm³/mol. The zero-order valence-electron chi connectivity index (χ0n) is 30.0. The summed E-state index contributed by atoms with van der Waals surface area (Å²) in [6.45, 7) is 5.56. The lowest BCUT2D eigenvalue weighted by molar-refractivity contribution is -0.199. The zero-order valence-corrected chi connectivity index (χ0v) is 30.9. The number of rotatable bonds is 28. The minimum atomic E-state index is -4.82. The van der Waals surface area contributed by atoms with E-state index >= 15 is 0 Å². The van der Waals surface area contributed by atoms with Crippen molar-refractivity contribution in [2.75, 3.05) is 13.2 Å². The summed E-state index contributed by atoms with van der Waals surface area (Å²) < 4.78 is 31.9. The van der Waals surface area contributed by atoms with E-state index in [-0.39, 0.29) is 31.8 Å². The first-order chi connectivity index (χ1) is 23.3. The Labute approximate surface area is 293 Å². The van der Waals surface area contributed by atoms with Crippen LogP contribution < -0.4 is 0 Å². The van der Waals surface area contributed by atoms with Crippen molar-refractivity contribution in [3.05, 3.63) is 24.3 Å². The van der Waals surface area contributed by atoms with Gasteiger partial charge in [0.1, 0.15) is 6.61 Å². The Morgan fingerprint density at radius 1 is 0.878 bits per heavy atom. The van der Waals surface area contributed by atoms with Crippen LogP contribution in [0, 0.1) is 11.8 Å². The third-order valence-electron chi connectivity index (χ3n) is 8.45. The normalized spacial score (nSPS) is 21.4. The molecule has 1 fully saturated rings. The van der Waals surface area contributed by atoms with Crippen LogP contribution in [0.5, 0.6) is 0 Å². The minimum absolute atomic E-state index is 0.0187. The standard InChI is InChI=1S/C36H65O12P/c1-4-5-13-19-29(37)23-24-33-31(32(38)25-36(41)48-33)20-15-11-12-17-22-35(40)47-30(27-46-49(42,43)44)26-45-34(39)21-16-10-8-6-7-9-14-18-28(2)3/h11,15,23-24,28-33,36-38,41H,4-10,12-14,16-22,25-27H2,1-3H3,(H2,42,43,44)/b15-11-,24-23+/t29-,30+,31-,32-,33+,36?/m0/s1. The Bertz CT molecular complexity index is 981. The summed E-state index contributed by atoms with van der Waals surface area (Å²) in [5.41, 5.74) is 0. The molecule has 6 atom stereocenters.